The molecule has 1 aromatic carbocycles. The molecule has 1 aromatic rings. The molecule has 21 heavy (non-hydrogen) atoms. The van der Waals surface area contributed by atoms with E-state index in [9.17, 15) is 4.39 Å². The van der Waals surface area contributed by atoms with Crippen LogP contribution in [-0.4, -0.2) is 6.54 Å². The Labute approximate surface area is 136 Å². The first kappa shape index (κ1) is 17.0. The van der Waals surface area contributed by atoms with E-state index in [2.05, 4.69) is 42.0 Å². The second-order valence-corrected chi connectivity index (χ2v) is 7.54. The molecule has 0 amide bonds. The maximum absolute atomic E-state index is 14.4. The van der Waals surface area contributed by atoms with Crippen LogP contribution in [-0.2, 0) is 0 Å². The Bertz CT molecular complexity index is 463. The Morgan fingerprint density at radius 1 is 1.29 bits per heavy atom. The fraction of sp³-hybridized carbons (Fsp3) is 0.667. The minimum absolute atomic E-state index is 0.0933. The fourth-order valence-electron chi connectivity index (χ4n) is 3.48. The zero-order chi connectivity index (χ0) is 15.4. The van der Waals surface area contributed by atoms with Crippen molar-refractivity contribution >= 4 is 15.9 Å². The van der Waals surface area contributed by atoms with Crippen LogP contribution in [0.5, 0.6) is 0 Å². The maximum atomic E-state index is 14.4. The van der Waals surface area contributed by atoms with Gasteiger partial charge in [0.25, 0.3) is 0 Å². The third-order valence-electron chi connectivity index (χ3n) is 5.02. The van der Waals surface area contributed by atoms with Gasteiger partial charge in [0.2, 0.25) is 0 Å². The normalized spacial score (nSPS) is 27.6. The van der Waals surface area contributed by atoms with Crippen molar-refractivity contribution in [1.82, 2.24) is 5.32 Å². The largest absolute Gasteiger partial charge is 0.310 e. The number of nitrogens with one attached hydrogen (secondary N) is 1. The van der Waals surface area contributed by atoms with Crippen molar-refractivity contribution in [2.75, 3.05) is 6.54 Å². The molecule has 1 fully saturated rings. The molecule has 4 atom stereocenters. The molecule has 0 radical (unpaired) electrons. The second-order valence-electron chi connectivity index (χ2n) is 6.63. The highest BCUT2D eigenvalue weighted by Crippen LogP contribution is 2.40. The number of benzene rings is 1. The van der Waals surface area contributed by atoms with Gasteiger partial charge in [0.15, 0.2) is 0 Å². The molecule has 1 aliphatic rings. The molecule has 0 aliphatic heterocycles. The highest BCUT2D eigenvalue weighted by atomic mass is 79.9. The molecule has 1 aliphatic carbocycles. The molecule has 1 nitrogen and oxygen atoms in total. The van der Waals surface area contributed by atoms with Crippen LogP contribution in [0.4, 0.5) is 4.39 Å². The number of hydrogen-bond acceptors (Lipinski definition) is 1. The highest BCUT2D eigenvalue weighted by molar-refractivity contribution is 9.10. The Kier molecular flexibility index (Phi) is 6.24. The quantitative estimate of drug-likeness (QED) is 0.713. The minimum Gasteiger partial charge on any atom is -0.310 e. The molecular weight excluding hydrogens is 329 g/mol. The SMILES string of the molecule is CCCNC(c1ccc(Br)cc1F)C1CCC(C)C(C)C1. The first-order chi connectivity index (χ1) is 10.0. The highest BCUT2D eigenvalue weighted by Gasteiger charge is 2.31. The summed E-state index contributed by atoms with van der Waals surface area (Å²) in [6.45, 7) is 7.79. The zero-order valence-electron chi connectivity index (χ0n) is 13.3. The van der Waals surface area contributed by atoms with Crippen molar-refractivity contribution in [2.24, 2.45) is 17.8 Å². The summed E-state index contributed by atoms with van der Waals surface area (Å²) in [6.07, 6.45) is 4.72. The van der Waals surface area contributed by atoms with Gasteiger partial charge in [-0.05, 0) is 55.7 Å². The molecule has 4 unspecified atom stereocenters. The van der Waals surface area contributed by atoms with Gasteiger partial charge >= 0.3 is 0 Å². The molecule has 2 rings (SSSR count). The average Bonchev–Trinajstić information content (AvgIpc) is 2.44. The molecular formula is C18H27BrFN. The number of rotatable bonds is 5. The van der Waals surface area contributed by atoms with Crippen molar-refractivity contribution in [3.05, 3.63) is 34.1 Å². The van der Waals surface area contributed by atoms with Gasteiger partial charge in [-0.2, -0.15) is 0 Å². The van der Waals surface area contributed by atoms with E-state index in [-0.39, 0.29) is 11.9 Å². The van der Waals surface area contributed by atoms with Crippen LogP contribution < -0.4 is 5.32 Å². The third-order valence-corrected chi connectivity index (χ3v) is 5.52. The number of halogens is 2. The van der Waals surface area contributed by atoms with E-state index in [0.717, 1.165) is 34.8 Å². The van der Waals surface area contributed by atoms with Crippen LogP contribution in [0, 0.1) is 23.6 Å². The Balaban J connectivity index is 2.21. The van der Waals surface area contributed by atoms with Gasteiger partial charge in [-0.3, -0.25) is 0 Å². The standard InChI is InChI=1S/C18H27BrFN/c1-4-9-21-18(14-6-5-12(2)13(3)10-14)16-8-7-15(19)11-17(16)20/h7-8,11-14,18,21H,4-6,9-10H2,1-3H3. The third kappa shape index (κ3) is 4.29. The summed E-state index contributed by atoms with van der Waals surface area (Å²) in [5.74, 6) is 1.97. The first-order valence-electron chi connectivity index (χ1n) is 8.21. The summed E-state index contributed by atoms with van der Waals surface area (Å²) in [5, 5.41) is 3.60. The number of hydrogen-bond donors (Lipinski definition) is 1. The Morgan fingerprint density at radius 3 is 2.67 bits per heavy atom. The second kappa shape index (κ2) is 7.73. The lowest BCUT2D eigenvalue weighted by molar-refractivity contribution is 0.169. The molecule has 0 saturated heterocycles. The van der Waals surface area contributed by atoms with Crippen LogP contribution in [0.25, 0.3) is 0 Å². The van der Waals surface area contributed by atoms with Gasteiger partial charge in [-0.15, -0.1) is 0 Å². The van der Waals surface area contributed by atoms with Crippen LogP contribution in [0.3, 0.4) is 0 Å². The summed E-state index contributed by atoms with van der Waals surface area (Å²) in [4.78, 5) is 0. The minimum atomic E-state index is -0.0933. The van der Waals surface area contributed by atoms with E-state index >= 15 is 0 Å². The van der Waals surface area contributed by atoms with E-state index in [1.807, 2.05) is 12.1 Å². The predicted octanol–water partition coefficient (Wildman–Crippen LogP) is 5.70. The molecule has 118 valence electrons. The van der Waals surface area contributed by atoms with Crippen LogP contribution in [0.1, 0.15) is 58.1 Å². The lowest BCUT2D eigenvalue weighted by Gasteiger charge is -2.37. The summed E-state index contributed by atoms with van der Waals surface area (Å²) in [5.41, 5.74) is 0.832. The smallest absolute Gasteiger partial charge is 0.129 e. The van der Waals surface area contributed by atoms with Gasteiger partial charge in [0, 0.05) is 16.1 Å². The van der Waals surface area contributed by atoms with Crippen molar-refractivity contribution < 1.29 is 4.39 Å². The Morgan fingerprint density at radius 2 is 2.05 bits per heavy atom. The monoisotopic (exact) mass is 355 g/mol. The predicted molar refractivity (Wildman–Crippen MR) is 90.8 cm³/mol. The summed E-state index contributed by atoms with van der Waals surface area (Å²) < 4.78 is 15.2. The van der Waals surface area contributed by atoms with E-state index in [4.69, 9.17) is 0 Å². The fourth-order valence-corrected chi connectivity index (χ4v) is 3.81. The molecule has 0 bridgehead atoms. The Hall–Kier alpha value is -0.410. The van der Waals surface area contributed by atoms with E-state index in [0.29, 0.717) is 5.92 Å². The van der Waals surface area contributed by atoms with Gasteiger partial charge in [0.05, 0.1) is 0 Å². The molecule has 0 aromatic heterocycles. The van der Waals surface area contributed by atoms with Gasteiger partial charge < -0.3 is 5.32 Å². The summed E-state index contributed by atoms with van der Waals surface area (Å²) in [6, 6.07) is 5.63. The summed E-state index contributed by atoms with van der Waals surface area (Å²) in [7, 11) is 0. The molecule has 1 N–H and O–H groups in total. The van der Waals surface area contributed by atoms with Crippen molar-refractivity contribution in [1.29, 1.82) is 0 Å². The van der Waals surface area contributed by atoms with Crippen molar-refractivity contribution in [3.63, 3.8) is 0 Å². The molecule has 1 saturated carbocycles. The van der Waals surface area contributed by atoms with Crippen molar-refractivity contribution in [2.45, 2.75) is 52.5 Å². The van der Waals surface area contributed by atoms with E-state index in [1.165, 1.54) is 19.3 Å². The summed E-state index contributed by atoms with van der Waals surface area (Å²) >= 11 is 3.35. The van der Waals surface area contributed by atoms with E-state index in [1.54, 1.807) is 6.07 Å². The molecule has 3 heteroatoms. The van der Waals surface area contributed by atoms with Crippen molar-refractivity contribution in [3.8, 4) is 0 Å². The molecule has 0 spiro atoms. The first-order valence-corrected chi connectivity index (χ1v) is 9.00. The molecule has 0 heterocycles. The van der Waals surface area contributed by atoms with E-state index < -0.39 is 0 Å². The zero-order valence-corrected chi connectivity index (χ0v) is 14.9. The van der Waals surface area contributed by atoms with Gasteiger partial charge in [-0.1, -0.05) is 49.2 Å². The lowest BCUT2D eigenvalue weighted by Crippen LogP contribution is -2.34. The van der Waals surface area contributed by atoms with Gasteiger partial charge in [0.1, 0.15) is 5.82 Å². The topological polar surface area (TPSA) is 12.0 Å². The maximum Gasteiger partial charge on any atom is 0.129 e. The average molecular weight is 356 g/mol. The lowest BCUT2D eigenvalue weighted by atomic mass is 9.72. The van der Waals surface area contributed by atoms with Crippen LogP contribution in [0.15, 0.2) is 22.7 Å². The van der Waals surface area contributed by atoms with Gasteiger partial charge in [-0.25, -0.2) is 4.39 Å². The van der Waals surface area contributed by atoms with Crippen LogP contribution >= 0.6 is 15.9 Å². The van der Waals surface area contributed by atoms with Crippen LogP contribution in [0.2, 0.25) is 0 Å².